The number of rotatable bonds is 7. The van der Waals surface area contributed by atoms with Crippen LogP contribution in [0.1, 0.15) is 25.7 Å². The standard InChI is InChI=1S/C15H18Cl2N2OS/c16-10-3-6-12(17)13(7-10)21-8-15(14(18)20,9-1-2-9)19-11-4-5-11/h3,6-7,9,11,19H,1-2,4-5,8H2,(H2,18,20). The molecule has 1 atom stereocenters. The predicted octanol–water partition coefficient (Wildman–Crippen LogP) is 3.47. The van der Waals surface area contributed by atoms with Gasteiger partial charge in [-0.2, -0.15) is 0 Å². The Morgan fingerprint density at radius 3 is 2.62 bits per heavy atom. The second-order valence-electron chi connectivity index (χ2n) is 5.89. The van der Waals surface area contributed by atoms with E-state index < -0.39 is 5.54 Å². The van der Waals surface area contributed by atoms with Gasteiger partial charge >= 0.3 is 0 Å². The molecule has 2 aliphatic rings. The fraction of sp³-hybridized carbons (Fsp3) is 0.533. The van der Waals surface area contributed by atoms with Crippen LogP contribution in [-0.2, 0) is 4.79 Å². The number of thioether (sulfide) groups is 1. The maximum absolute atomic E-state index is 12.1. The lowest BCUT2D eigenvalue weighted by molar-refractivity contribution is -0.124. The molecule has 3 nitrogen and oxygen atoms in total. The van der Waals surface area contributed by atoms with Crippen molar-refractivity contribution in [1.29, 1.82) is 0 Å². The van der Waals surface area contributed by atoms with Crippen LogP contribution >= 0.6 is 35.0 Å². The first-order chi connectivity index (χ1) is 10.0. The van der Waals surface area contributed by atoms with Gasteiger partial charge in [0.2, 0.25) is 5.91 Å². The molecule has 21 heavy (non-hydrogen) atoms. The Hall–Kier alpha value is -0.420. The highest BCUT2D eigenvalue weighted by atomic mass is 35.5. The van der Waals surface area contributed by atoms with E-state index in [9.17, 15) is 4.79 Å². The van der Waals surface area contributed by atoms with Gasteiger partial charge in [0.05, 0.1) is 5.02 Å². The molecule has 0 spiro atoms. The summed E-state index contributed by atoms with van der Waals surface area (Å²) in [5, 5.41) is 4.80. The van der Waals surface area contributed by atoms with E-state index >= 15 is 0 Å². The van der Waals surface area contributed by atoms with E-state index in [2.05, 4.69) is 5.32 Å². The lowest BCUT2D eigenvalue weighted by Crippen LogP contribution is -2.60. The quantitative estimate of drug-likeness (QED) is 0.744. The smallest absolute Gasteiger partial charge is 0.238 e. The van der Waals surface area contributed by atoms with Crippen LogP contribution in [0.4, 0.5) is 0 Å². The van der Waals surface area contributed by atoms with Crippen molar-refractivity contribution in [2.75, 3.05) is 5.75 Å². The molecular formula is C15H18Cl2N2OS. The van der Waals surface area contributed by atoms with Crippen molar-refractivity contribution in [3.63, 3.8) is 0 Å². The van der Waals surface area contributed by atoms with Crippen molar-refractivity contribution in [2.45, 2.75) is 42.2 Å². The number of amides is 1. The zero-order valence-electron chi connectivity index (χ0n) is 11.6. The van der Waals surface area contributed by atoms with Gasteiger partial charge in [-0.3, -0.25) is 10.1 Å². The zero-order chi connectivity index (χ0) is 15.0. The van der Waals surface area contributed by atoms with Gasteiger partial charge in [-0.05, 0) is 49.8 Å². The topological polar surface area (TPSA) is 55.1 Å². The molecule has 1 aromatic carbocycles. The first-order valence-electron chi connectivity index (χ1n) is 7.17. The Labute approximate surface area is 138 Å². The third kappa shape index (κ3) is 3.50. The number of primary amides is 1. The molecule has 1 aromatic rings. The molecule has 3 N–H and O–H groups in total. The maximum atomic E-state index is 12.1. The van der Waals surface area contributed by atoms with Gasteiger partial charge in [0, 0.05) is 21.7 Å². The summed E-state index contributed by atoms with van der Waals surface area (Å²) < 4.78 is 0. The number of benzene rings is 1. The van der Waals surface area contributed by atoms with Crippen molar-refractivity contribution in [1.82, 2.24) is 5.32 Å². The normalized spacial score (nSPS) is 21.0. The molecule has 0 aliphatic heterocycles. The molecule has 1 unspecified atom stereocenters. The average Bonchev–Trinajstić information content (AvgIpc) is 3.30. The summed E-state index contributed by atoms with van der Waals surface area (Å²) in [5.74, 6) is 0.701. The maximum Gasteiger partial charge on any atom is 0.238 e. The predicted molar refractivity (Wildman–Crippen MR) is 88.0 cm³/mol. The van der Waals surface area contributed by atoms with Gasteiger partial charge in [-0.15, -0.1) is 11.8 Å². The Balaban J connectivity index is 1.77. The zero-order valence-corrected chi connectivity index (χ0v) is 13.9. The van der Waals surface area contributed by atoms with Gasteiger partial charge in [0.1, 0.15) is 5.54 Å². The fourth-order valence-corrected chi connectivity index (χ4v) is 4.35. The van der Waals surface area contributed by atoms with Crippen LogP contribution in [0.3, 0.4) is 0 Å². The van der Waals surface area contributed by atoms with Crippen LogP contribution in [0.25, 0.3) is 0 Å². The van der Waals surface area contributed by atoms with Gasteiger partial charge < -0.3 is 5.73 Å². The molecule has 2 aliphatic carbocycles. The minimum atomic E-state index is -0.614. The summed E-state index contributed by atoms with van der Waals surface area (Å²) in [7, 11) is 0. The molecular weight excluding hydrogens is 327 g/mol. The molecule has 3 rings (SSSR count). The van der Waals surface area contributed by atoms with Crippen LogP contribution in [0.15, 0.2) is 23.1 Å². The summed E-state index contributed by atoms with van der Waals surface area (Å²) in [6.45, 7) is 0. The van der Waals surface area contributed by atoms with Gasteiger partial charge in [-0.25, -0.2) is 0 Å². The second-order valence-corrected chi connectivity index (χ2v) is 7.75. The first-order valence-corrected chi connectivity index (χ1v) is 8.91. The lowest BCUT2D eigenvalue weighted by atomic mass is 9.94. The SMILES string of the molecule is NC(=O)C(CSc1cc(Cl)ccc1Cl)(NC1CC1)C1CC1. The molecule has 1 amide bonds. The molecule has 0 aromatic heterocycles. The Morgan fingerprint density at radius 1 is 1.33 bits per heavy atom. The number of hydrogen-bond donors (Lipinski definition) is 2. The summed E-state index contributed by atoms with van der Waals surface area (Å²) in [5.41, 5.74) is 5.13. The fourth-order valence-electron chi connectivity index (χ4n) is 2.57. The van der Waals surface area contributed by atoms with Crippen LogP contribution in [0, 0.1) is 5.92 Å². The largest absolute Gasteiger partial charge is 0.368 e. The van der Waals surface area contributed by atoms with E-state index in [1.165, 1.54) is 0 Å². The van der Waals surface area contributed by atoms with Gasteiger partial charge in [0.25, 0.3) is 0 Å². The van der Waals surface area contributed by atoms with Gasteiger partial charge in [-0.1, -0.05) is 23.2 Å². The molecule has 6 heteroatoms. The highest BCUT2D eigenvalue weighted by molar-refractivity contribution is 7.99. The molecule has 0 saturated heterocycles. The summed E-state index contributed by atoms with van der Waals surface area (Å²) in [6, 6.07) is 5.82. The number of carbonyl (C=O) groups excluding carboxylic acids is 1. The van der Waals surface area contributed by atoms with E-state index in [-0.39, 0.29) is 5.91 Å². The minimum absolute atomic E-state index is 0.248. The number of hydrogen-bond acceptors (Lipinski definition) is 3. The second kappa shape index (κ2) is 5.99. The van der Waals surface area contributed by atoms with E-state index in [4.69, 9.17) is 28.9 Å². The number of nitrogens with two attached hydrogens (primary N) is 1. The Kier molecular flexibility index (Phi) is 4.42. The third-order valence-corrected chi connectivity index (χ3v) is 6.03. The number of nitrogens with one attached hydrogen (secondary N) is 1. The van der Waals surface area contributed by atoms with Gasteiger partial charge in [0.15, 0.2) is 0 Å². The highest BCUT2D eigenvalue weighted by Crippen LogP contribution is 2.44. The van der Waals surface area contributed by atoms with Crippen LogP contribution in [-0.4, -0.2) is 23.2 Å². The molecule has 2 fully saturated rings. The number of carbonyl (C=O) groups is 1. The monoisotopic (exact) mass is 344 g/mol. The average molecular weight is 345 g/mol. The van der Waals surface area contributed by atoms with E-state index in [1.807, 2.05) is 6.07 Å². The lowest BCUT2D eigenvalue weighted by Gasteiger charge is -2.32. The van der Waals surface area contributed by atoms with Crippen LogP contribution < -0.4 is 11.1 Å². The molecule has 0 heterocycles. The first kappa shape index (κ1) is 15.5. The summed E-state index contributed by atoms with van der Waals surface area (Å²) >= 11 is 13.8. The third-order valence-electron chi connectivity index (χ3n) is 4.10. The molecule has 0 bridgehead atoms. The minimum Gasteiger partial charge on any atom is -0.368 e. The van der Waals surface area contributed by atoms with Crippen molar-refractivity contribution in [3.8, 4) is 0 Å². The Morgan fingerprint density at radius 2 is 2.05 bits per heavy atom. The highest BCUT2D eigenvalue weighted by Gasteiger charge is 2.51. The summed E-state index contributed by atoms with van der Waals surface area (Å²) in [4.78, 5) is 13.0. The molecule has 114 valence electrons. The van der Waals surface area contributed by atoms with Crippen LogP contribution in [0.5, 0.6) is 0 Å². The van der Waals surface area contributed by atoms with Crippen molar-refractivity contribution in [3.05, 3.63) is 28.2 Å². The Bertz CT molecular complexity index is 561. The van der Waals surface area contributed by atoms with E-state index in [0.717, 1.165) is 30.6 Å². The van der Waals surface area contributed by atoms with Crippen LogP contribution in [0.2, 0.25) is 10.0 Å². The van der Waals surface area contributed by atoms with E-state index in [1.54, 1.807) is 23.9 Å². The van der Waals surface area contributed by atoms with Crippen molar-refractivity contribution in [2.24, 2.45) is 11.7 Å². The van der Waals surface area contributed by atoms with E-state index in [0.29, 0.717) is 27.8 Å². The number of halogens is 2. The summed E-state index contributed by atoms with van der Waals surface area (Å²) in [6.07, 6.45) is 4.38. The van der Waals surface area contributed by atoms with Crippen molar-refractivity contribution >= 4 is 40.9 Å². The molecule has 2 saturated carbocycles. The molecule has 0 radical (unpaired) electrons. The van der Waals surface area contributed by atoms with Crippen molar-refractivity contribution < 1.29 is 4.79 Å².